The van der Waals surface area contributed by atoms with Crippen molar-refractivity contribution in [2.45, 2.75) is 151 Å². The van der Waals surface area contributed by atoms with Gasteiger partial charge in [0.15, 0.2) is 0 Å². The van der Waals surface area contributed by atoms with E-state index in [-0.39, 0.29) is 62.3 Å². The maximum absolute atomic E-state index is 5.20. The molecule has 164 valence electrons. The standard InChI is InChI=1S/C26H54N.K/c1-9-11-13-15-16-17-19-21-23-27-26(7,8)25(5,6)24(3,4)22-20-18-14-12-10-2;/h9-23H2,1-8H3;/q-1;+1. The third kappa shape index (κ3) is 12.5. The number of unbranched alkanes of at least 4 members (excludes halogenated alkanes) is 11. The van der Waals surface area contributed by atoms with E-state index >= 15 is 0 Å². The molecule has 0 amide bonds. The zero-order valence-corrected chi connectivity index (χ0v) is 24.7. The van der Waals surface area contributed by atoms with Gasteiger partial charge in [0.2, 0.25) is 0 Å². The minimum atomic E-state index is 0. The van der Waals surface area contributed by atoms with Gasteiger partial charge in [-0.3, -0.25) is 0 Å². The maximum atomic E-state index is 5.20. The summed E-state index contributed by atoms with van der Waals surface area (Å²) in [6, 6.07) is 0. The molecule has 0 unspecified atom stereocenters. The largest absolute Gasteiger partial charge is 1.00 e. The molecule has 0 aromatic heterocycles. The molecule has 2 heteroatoms. The van der Waals surface area contributed by atoms with Crippen molar-refractivity contribution in [3.63, 3.8) is 0 Å². The van der Waals surface area contributed by atoms with E-state index in [1.807, 2.05) is 0 Å². The first-order chi connectivity index (χ1) is 12.6. The average Bonchev–Trinajstić information content (AvgIpc) is 2.59. The molecule has 0 radical (unpaired) electrons. The Hall–Kier alpha value is 1.60. The van der Waals surface area contributed by atoms with Gasteiger partial charge < -0.3 is 5.32 Å². The Morgan fingerprint density at radius 3 is 1.39 bits per heavy atom. The molecule has 0 aliphatic rings. The second-order valence-corrected chi connectivity index (χ2v) is 10.6. The topological polar surface area (TPSA) is 14.1 Å². The number of nitrogens with zero attached hydrogens (tertiary/aromatic N) is 1. The van der Waals surface area contributed by atoms with Crippen molar-refractivity contribution in [2.24, 2.45) is 10.8 Å². The van der Waals surface area contributed by atoms with Crippen molar-refractivity contribution < 1.29 is 51.4 Å². The molecule has 0 heterocycles. The van der Waals surface area contributed by atoms with Crippen LogP contribution in [-0.4, -0.2) is 12.1 Å². The summed E-state index contributed by atoms with van der Waals surface area (Å²) in [5.74, 6) is 0. The van der Waals surface area contributed by atoms with Gasteiger partial charge in [0.05, 0.1) is 0 Å². The van der Waals surface area contributed by atoms with Crippen molar-refractivity contribution in [3.8, 4) is 0 Å². The fourth-order valence-corrected chi connectivity index (χ4v) is 4.11. The van der Waals surface area contributed by atoms with Gasteiger partial charge >= 0.3 is 51.4 Å². The van der Waals surface area contributed by atoms with Crippen LogP contribution < -0.4 is 51.4 Å². The van der Waals surface area contributed by atoms with E-state index in [4.69, 9.17) is 5.32 Å². The zero-order chi connectivity index (χ0) is 20.8. The number of hydrogen-bond acceptors (Lipinski definition) is 0. The summed E-state index contributed by atoms with van der Waals surface area (Å²) in [5, 5.41) is 5.20. The summed E-state index contributed by atoms with van der Waals surface area (Å²) in [6.07, 6.45) is 19.2. The monoisotopic (exact) mass is 419 g/mol. The summed E-state index contributed by atoms with van der Waals surface area (Å²) in [4.78, 5) is 0. The average molecular weight is 420 g/mol. The van der Waals surface area contributed by atoms with Gasteiger partial charge in [0.25, 0.3) is 0 Å². The molecule has 0 saturated carbocycles. The Balaban J connectivity index is 0. The van der Waals surface area contributed by atoms with Gasteiger partial charge in [-0.05, 0) is 17.3 Å². The van der Waals surface area contributed by atoms with Gasteiger partial charge in [-0.15, -0.1) is 12.1 Å². The van der Waals surface area contributed by atoms with Gasteiger partial charge in [0, 0.05) is 0 Å². The van der Waals surface area contributed by atoms with Crippen LogP contribution in [-0.2, 0) is 0 Å². The third-order valence-electron chi connectivity index (χ3n) is 7.65. The quantitative estimate of drug-likeness (QED) is 0.173. The predicted octanol–water partition coefficient (Wildman–Crippen LogP) is 6.70. The van der Waals surface area contributed by atoms with Gasteiger partial charge in [-0.1, -0.05) is 139 Å². The van der Waals surface area contributed by atoms with Crippen molar-refractivity contribution in [1.82, 2.24) is 0 Å². The first-order valence-electron chi connectivity index (χ1n) is 12.3. The van der Waals surface area contributed by atoms with Crippen LogP contribution in [0.3, 0.4) is 0 Å². The Labute approximate surface area is 222 Å². The van der Waals surface area contributed by atoms with Crippen LogP contribution in [0.25, 0.3) is 5.32 Å². The predicted molar refractivity (Wildman–Crippen MR) is 126 cm³/mol. The van der Waals surface area contributed by atoms with Crippen molar-refractivity contribution >= 4 is 0 Å². The van der Waals surface area contributed by atoms with Crippen LogP contribution in [0.4, 0.5) is 0 Å². The van der Waals surface area contributed by atoms with E-state index in [9.17, 15) is 0 Å². The maximum Gasteiger partial charge on any atom is 1.00 e. The minimum absolute atomic E-state index is 0. The molecule has 0 aromatic rings. The fraction of sp³-hybridized carbons (Fsp3) is 1.00. The fourth-order valence-electron chi connectivity index (χ4n) is 4.11. The Bertz CT molecular complexity index is 346. The first kappa shape index (κ1) is 31.8. The molecule has 0 rings (SSSR count). The summed E-state index contributed by atoms with van der Waals surface area (Å²) < 4.78 is 0. The van der Waals surface area contributed by atoms with Crippen LogP contribution in [0.1, 0.15) is 145 Å². The molecule has 0 fully saturated rings. The van der Waals surface area contributed by atoms with Crippen LogP contribution >= 0.6 is 0 Å². The van der Waals surface area contributed by atoms with E-state index in [0.717, 1.165) is 6.54 Å². The minimum Gasteiger partial charge on any atom is -0.657 e. The van der Waals surface area contributed by atoms with Gasteiger partial charge in [0.1, 0.15) is 0 Å². The van der Waals surface area contributed by atoms with E-state index < -0.39 is 0 Å². The first-order valence-corrected chi connectivity index (χ1v) is 12.3. The molecule has 0 atom stereocenters. The van der Waals surface area contributed by atoms with Gasteiger partial charge in [-0.25, -0.2) is 0 Å². The van der Waals surface area contributed by atoms with Crippen molar-refractivity contribution in [1.29, 1.82) is 0 Å². The zero-order valence-electron chi connectivity index (χ0n) is 21.6. The molecule has 0 saturated heterocycles. The van der Waals surface area contributed by atoms with E-state index in [1.165, 1.54) is 89.9 Å². The van der Waals surface area contributed by atoms with Crippen LogP contribution in [0.5, 0.6) is 0 Å². The normalized spacial score (nSPS) is 12.9. The summed E-state index contributed by atoms with van der Waals surface area (Å²) in [6.45, 7) is 20.2. The third-order valence-corrected chi connectivity index (χ3v) is 7.65. The molecule has 0 aliphatic heterocycles. The molecular weight excluding hydrogens is 365 g/mol. The van der Waals surface area contributed by atoms with Crippen LogP contribution in [0, 0.1) is 10.8 Å². The number of rotatable bonds is 18. The molecule has 1 nitrogen and oxygen atoms in total. The van der Waals surface area contributed by atoms with Crippen molar-refractivity contribution in [3.05, 3.63) is 5.32 Å². The van der Waals surface area contributed by atoms with Crippen LogP contribution in [0.15, 0.2) is 0 Å². The Morgan fingerprint density at radius 2 is 0.929 bits per heavy atom. The Morgan fingerprint density at radius 1 is 0.536 bits per heavy atom. The van der Waals surface area contributed by atoms with Crippen LogP contribution in [0.2, 0.25) is 0 Å². The van der Waals surface area contributed by atoms with E-state index in [1.54, 1.807) is 0 Å². The Kier molecular flexibility index (Phi) is 19.5. The molecule has 0 aliphatic carbocycles. The van der Waals surface area contributed by atoms with Crippen molar-refractivity contribution in [2.75, 3.05) is 6.54 Å². The molecule has 0 bridgehead atoms. The SMILES string of the molecule is CCCCCCCCCC[N-]C(C)(C)C(C)(C)C(C)(C)CCCCCCC.[K+]. The summed E-state index contributed by atoms with van der Waals surface area (Å²) >= 11 is 0. The second kappa shape index (κ2) is 17.2. The second-order valence-electron chi connectivity index (χ2n) is 10.6. The van der Waals surface area contributed by atoms with Gasteiger partial charge in [-0.2, -0.15) is 0 Å². The molecular formula is C26H54KN. The molecule has 28 heavy (non-hydrogen) atoms. The number of hydrogen-bond donors (Lipinski definition) is 0. The van der Waals surface area contributed by atoms with E-state index in [2.05, 4.69) is 55.4 Å². The molecule has 0 spiro atoms. The smallest absolute Gasteiger partial charge is 0.657 e. The summed E-state index contributed by atoms with van der Waals surface area (Å²) in [5.41, 5.74) is 0.581. The molecule has 0 N–H and O–H groups in total. The summed E-state index contributed by atoms with van der Waals surface area (Å²) in [7, 11) is 0. The molecule has 0 aromatic carbocycles. The van der Waals surface area contributed by atoms with E-state index in [0.29, 0.717) is 5.41 Å².